The number of hydrogen-bond acceptors (Lipinski definition) is 3. The molecule has 2 heterocycles. The molecule has 136 valence electrons. The summed E-state index contributed by atoms with van der Waals surface area (Å²) in [4.78, 5) is 14.8. The van der Waals surface area contributed by atoms with Crippen molar-refractivity contribution in [2.45, 2.75) is 31.6 Å². The summed E-state index contributed by atoms with van der Waals surface area (Å²) in [6.07, 6.45) is 3.46. The van der Waals surface area contributed by atoms with Crippen LogP contribution in [0.3, 0.4) is 0 Å². The first kappa shape index (κ1) is 16.9. The third kappa shape index (κ3) is 3.66. The van der Waals surface area contributed by atoms with Crippen molar-refractivity contribution in [3.63, 3.8) is 0 Å². The molecule has 0 bridgehead atoms. The van der Waals surface area contributed by atoms with Crippen LogP contribution in [0.4, 0.5) is 4.39 Å². The number of amides is 1. The molecule has 2 aromatic carbocycles. The maximum atomic E-state index is 13.2. The van der Waals surface area contributed by atoms with E-state index in [1.807, 2.05) is 35.2 Å². The number of hydrogen-bond donors (Lipinski definition) is 0. The van der Waals surface area contributed by atoms with Crippen LogP contribution in [-0.2, 0) is 11.2 Å². The van der Waals surface area contributed by atoms with Crippen LogP contribution in [0.5, 0.6) is 11.5 Å². The van der Waals surface area contributed by atoms with Gasteiger partial charge in [-0.3, -0.25) is 4.79 Å². The molecule has 0 spiro atoms. The maximum Gasteiger partial charge on any atom is 0.231 e. The van der Waals surface area contributed by atoms with Gasteiger partial charge in [-0.15, -0.1) is 0 Å². The Morgan fingerprint density at radius 1 is 1.08 bits per heavy atom. The van der Waals surface area contributed by atoms with Crippen LogP contribution in [0.15, 0.2) is 42.5 Å². The van der Waals surface area contributed by atoms with Crippen LogP contribution < -0.4 is 9.47 Å². The Bertz CT molecular complexity index is 790. The molecule has 4 nitrogen and oxygen atoms in total. The Balaban J connectivity index is 1.45. The third-order valence-electron chi connectivity index (χ3n) is 5.16. The lowest BCUT2D eigenvalue weighted by Gasteiger charge is -2.25. The van der Waals surface area contributed by atoms with Gasteiger partial charge < -0.3 is 14.4 Å². The second-order valence-corrected chi connectivity index (χ2v) is 6.95. The summed E-state index contributed by atoms with van der Waals surface area (Å²) in [6, 6.07) is 12.3. The molecule has 1 saturated heterocycles. The minimum absolute atomic E-state index is 0.123. The minimum Gasteiger partial charge on any atom is -0.454 e. The zero-order valence-corrected chi connectivity index (χ0v) is 14.6. The normalized spacial score (nSPS) is 19.3. The lowest BCUT2D eigenvalue weighted by Crippen LogP contribution is -2.35. The highest BCUT2D eigenvalue weighted by Crippen LogP contribution is 2.33. The molecule has 0 aliphatic carbocycles. The molecule has 0 radical (unpaired) electrons. The Morgan fingerprint density at radius 2 is 1.88 bits per heavy atom. The van der Waals surface area contributed by atoms with Gasteiger partial charge in [0.2, 0.25) is 12.7 Å². The third-order valence-corrected chi connectivity index (χ3v) is 5.16. The van der Waals surface area contributed by atoms with Gasteiger partial charge in [0.1, 0.15) is 5.82 Å². The van der Waals surface area contributed by atoms with Gasteiger partial charge in [0.05, 0.1) is 6.42 Å². The maximum absolute atomic E-state index is 13.2. The van der Waals surface area contributed by atoms with Gasteiger partial charge in [-0.1, -0.05) is 24.6 Å². The first-order chi connectivity index (χ1) is 12.7. The van der Waals surface area contributed by atoms with Gasteiger partial charge in [0, 0.05) is 19.0 Å². The average molecular weight is 355 g/mol. The number of carbonyl (C=O) groups is 1. The highest BCUT2D eigenvalue weighted by atomic mass is 19.1. The molecule has 0 saturated carbocycles. The first-order valence-electron chi connectivity index (χ1n) is 9.11. The largest absolute Gasteiger partial charge is 0.454 e. The standard InChI is InChI=1S/C21H22FNO3/c22-18-7-5-16(6-8-18)17-3-1-2-10-23(13-17)21(24)12-15-4-9-19-20(11-15)26-14-25-19/h4-9,11,17H,1-3,10,12-14H2. The lowest BCUT2D eigenvalue weighted by molar-refractivity contribution is -0.130. The van der Waals surface area contributed by atoms with E-state index in [0.29, 0.717) is 18.7 Å². The fourth-order valence-corrected chi connectivity index (χ4v) is 3.71. The second kappa shape index (κ2) is 7.36. The topological polar surface area (TPSA) is 38.8 Å². The smallest absolute Gasteiger partial charge is 0.231 e. The molecule has 2 aliphatic rings. The van der Waals surface area contributed by atoms with Gasteiger partial charge >= 0.3 is 0 Å². The molecule has 4 rings (SSSR count). The molecule has 1 fully saturated rings. The lowest BCUT2D eigenvalue weighted by atomic mass is 9.94. The fraction of sp³-hybridized carbons (Fsp3) is 0.381. The van der Waals surface area contributed by atoms with Crippen LogP contribution in [-0.4, -0.2) is 30.7 Å². The van der Waals surface area contributed by atoms with Crippen molar-refractivity contribution in [3.8, 4) is 11.5 Å². The van der Waals surface area contributed by atoms with E-state index in [1.165, 1.54) is 12.1 Å². The molecule has 5 heteroatoms. The zero-order valence-electron chi connectivity index (χ0n) is 14.6. The summed E-state index contributed by atoms with van der Waals surface area (Å²) in [7, 11) is 0. The van der Waals surface area contributed by atoms with E-state index in [-0.39, 0.29) is 24.4 Å². The Hall–Kier alpha value is -2.56. The highest BCUT2D eigenvalue weighted by Gasteiger charge is 2.24. The number of likely N-dealkylation sites (tertiary alicyclic amines) is 1. The number of carbonyl (C=O) groups excluding carboxylic acids is 1. The SMILES string of the molecule is O=C(Cc1ccc2c(c1)OCO2)N1CCCCC(c2ccc(F)cc2)C1. The van der Waals surface area contributed by atoms with Crippen molar-refractivity contribution >= 4 is 5.91 Å². The minimum atomic E-state index is -0.224. The molecule has 26 heavy (non-hydrogen) atoms. The van der Waals surface area contributed by atoms with E-state index >= 15 is 0 Å². The molecule has 0 N–H and O–H groups in total. The van der Waals surface area contributed by atoms with Crippen LogP contribution in [0, 0.1) is 5.82 Å². The van der Waals surface area contributed by atoms with Crippen molar-refractivity contribution < 1.29 is 18.7 Å². The van der Waals surface area contributed by atoms with Crippen LogP contribution >= 0.6 is 0 Å². The van der Waals surface area contributed by atoms with E-state index in [0.717, 1.165) is 42.7 Å². The van der Waals surface area contributed by atoms with Gasteiger partial charge in [-0.25, -0.2) is 4.39 Å². The zero-order chi connectivity index (χ0) is 17.9. The van der Waals surface area contributed by atoms with Crippen LogP contribution in [0.1, 0.15) is 36.3 Å². The average Bonchev–Trinajstić information content (AvgIpc) is 2.97. The Kier molecular flexibility index (Phi) is 4.78. The predicted octanol–water partition coefficient (Wildman–Crippen LogP) is 3.89. The molecular weight excluding hydrogens is 333 g/mol. The van der Waals surface area contributed by atoms with Crippen molar-refractivity contribution in [2.75, 3.05) is 19.9 Å². The van der Waals surface area contributed by atoms with Gasteiger partial charge in [-0.2, -0.15) is 0 Å². The van der Waals surface area contributed by atoms with Crippen LogP contribution in [0.2, 0.25) is 0 Å². The summed E-state index contributed by atoms with van der Waals surface area (Å²) >= 11 is 0. The van der Waals surface area contributed by atoms with Gasteiger partial charge in [0.25, 0.3) is 0 Å². The predicted molar refractivity (Wildman–Crippen MR) is 95.8 cm³/mol. The monoisotopic (exact) mass is 355 g/mol. The summed E-state index contributed by atoms with van der Waals surface area (Å²) in [5, 5.41) is 0. The van der Waals surface area contributed by atoms with Crippen molar-refractivity contribution in [1.82, 2.24) is 4.90 Å². The molecule has 1 atom stereocenters. The number of nitrogens with zero attached hydrogens (tertiary/aromatic N) is 1. The number of benzene rings is 2. The number of halogens is 1. The molecule has 2 aliphatic heterocycles. The molecular formula is C21H22FNO3. The fourth-order valence-electron chi connectivity index (χ4n) is 3.71. The van der Waals surface area contributed by atoms with Gasteiger partial charge in [0.15, 0.2) is 11.5 Å². The van der Waals surface area contributed by atoms with E-state index < -0.39 is 0 Å². The molecule has 1 amide bonds. The number of rotatable bonds is 3. The summed E-state index contributed by atoms with van der Waals surface area (Å²) in [6.45, 7) is 1.70. The Labute approximate surface area is 152 Å². The van der Waals surface area contributed by atoms with E-state index in [9.17, 15) is 9.18 Å². The van der Waals surface area contributed by atoms with Crippen molar-refractivity contribution in [3.05, 3.63) is 59.4 Å². The van der Waals surface area contributed by atoms with Gasteiger partial charge in [-0.05, 0) is 48.2 Å². The second-order valence-electron chi connectivity index (χ2n) is 6.95. The van der Waals surface area contributed by atoms with Crippen molar-refractivity contribution in [1.29, 1.82) is 0 Å². The first-order valence-corrected chi connectivity index (χ1v) is 9.11. The number of fused-ring (bicyclic) bond motifs is 1. The number of ether oxygens (including phenoxy) is 2. The summed E-state index contributed by atoms with van der Waals surface area (Å²) in [5.41, 5.74) is 2.04. The quantitative estimate of drug-likeness (QED) is 0.838. The highest BCUT2D eigenvalue weighted by molar-refractivity contribution is 5.79. The molecule has 1 unspecified atom stereocenters. The van der Waals surface area contributed by atoms with E-state index in [1.54, 1.807) is 0 Å². The molecule has 2 aromatic rings. The Morgan fingerprint density at radius 3 is 2.73 bits per heavy atom. The van der Waals surface area contributed by atoms with Crippen molar-refractivity contribution in [2.24, 2.45) is 0 Å². The summed E-state index contributed by atoms with van der Waals surface area (Å²) in [5.74, 6) is 1.59. The molecule has 0 aromatic heterocycles. The summed E-state index contributed by atoms with van der Waals surface area (Å²) < 4.78 is 23.9. The van der Waals surface area contributed by atoms with Crippen LogP contribution in [0.25, 0.3) is 0 Å². The van der Waals surface area contributed by atoms with E-state index in [2.05, 4.69) is 0 Å². The van der Waals surface area contributed by atoms with E-state index in [4.69, 9.17) is 9.47 Å².